The van der Waals surface area contributed by atoms with Crippen LogP contribution in [0.4, 0.5) is 9.18 Å². The molecule has 0 aliphatic carbocycles. The Bertz CT molecular complexity index is 238. The third-order valence-corrected chi connectivity index (χ3v) is 2.82. The van der Waals surface area contributed by atoms with Crippen molar-refractivity contribution in [3.8, 4) is 0 Å². The fourth-order valence-corrected chi connectivity index (χ4v) is 1.78. The van der Waals surface area contributed by atoms with Crippen molar-refractivity contribution in [3.05, 3.63) is 0 Å². The number of hydrogen-bond acceptors (Lipinski definition) is 3. The van der Waals surface area contributed by atoms with Gasteiger partial charge in [0.2, 0.25) is 0 Å². The van der Waals surface area contributed by atoms with Crippen molar-refractivity contribution in [3.63, 3.8) is 0 Å². The molecular formula is C9H16FNO4. The van der Waals surface area contributed by atoms with Gasteiger partial charge in [-0.05, 0) is 19.3 Å². The van der Waals surface area contributed by atoms with E-state index in [0.29, 0.717) is 6.42 Å². The molecule has 1 heterocycles. The maximum Gasteiger partial charge on any atom is 0.407 e. The smallest absolute Gasteiger partial charge is 0.407 e. The van der Waals surface area contributed by atoms with E-state index in [-0.39, 0.29) is 32.5 Å². The highest BCUT2D eigenvalue weighted by molar-refractivity contribution is 5.65. The Kier molecular flexibility index (Phi) is 3.87. The third-order valence-electron chi connectivity index (χ3n) is 2.82. The van der Waals surface area contributed by atoms with Gasteiger partial charge in [-0.2, -0.15) is 0 Å². The van der Waals surface area contributed by atoms with Crippen molar-refractivity contribution in [1.82, 2.24) is 4.90 Å². The van der Waals surface area contributed by atoms with Crippen molar-refractivity contribution < 1.29 is 24.5 Å². The maximum atomic E-state index is 13.5. The predicted octanol–water partition coefficient (Wildman–Crippen LogP) is 0.212. The van der Waals surface area contributed by atoms with E-state index < -0.39 is 17.9 Å². The second-order valence-electron chi connectivity index (χ2n) is 3.88. The van der Waals surface area contributed by atoms with Gasteiger partial charge in [-0.1, -0.05) is 0 Å². The van der Waals surface area contributed by atoms with Crippen LogP contribution in [-0.4, -0.2) is 57.8 Å². The molecule has 0 bridgehead atoms. The SMILES string of the molecule is O=C(O)N1CCC(O)(CCCO)C(F)C1. The summed E-state index contributed by atoms with van der Waals surface area (Å²) in [6.07, 6.45) is -2.17. The number of likely N-dealkylation sites (tertiary alicyclic amines) is 1. The first-order valence-corrected chi connectivity index (χ1v) is 4.95. The standard InChI is InChI=1S/C9H16FNO4/c10-7-6-11(8(13)14)4-3-9(7,15)2-1-5-12/h7,12,15H,1-6H2,(H,13,14). The first-order valence-electron chi connectivity index (χ1n) is 4.95. The Labute approximate surface area is 87.1 Å². The van der Waals surface area contributed by atoms with Crippen LogP contribution in [0.5, 0.6) is 0 Å². The van der Waals surface area contributed by atoms with E-state index >= 15 is 0 Å². The van der Waals surface area contributed by atoms with E-state index in [1.807, 2.05) is 0 Å². The molecular weight excluding hydrogens is 205 g/mol. The number of aliphatic hydroxyl groups is 2. The highest BCUT2D eigenvalue weighted by atomic mass is 19.1. The number of carbonyl (C=O) groups is 1. The van der Waals surface area contributed by atoms with Gasteiger partial charge in [-0.15, -0.1) is 0 Å². The minimum atomic E-state index is -1.58. The van der Waals surface area contributed by atoms with Crippen LogP contribution in [0.3, 0.4) is 0 Å². The first-order chi connectivity index (χ1) is 6.99. The van der Waals surface area contributed by atoms with Gasteiger partial charge >= 0.3 is 6.09 Å². The molecule has 1 aliphatic heterocycles. The molecule has 1 rings (SSSR count). The van der Waals surface area contributed by atoms with Gasteiger partial charge in [0.1, 0.15) is 6.17 Å². The molecule has 6 heteroatoms. The number of aliphatic hydroxyl groups excluding tert-OH is 1. The lowest BCUT2D eigenvalue weighted by molar-refractivity contribution is -0.0867. The third kappa shape index (κ3) is 2.79. The fourth-order valence-electron chi connectivity index (χ4n) is 1.78. The van der Waals surface area contributed by atoms with E-state index in [4.69, 9.17) is 10.2 Å². The van der Waals surface area contributed by atoms with Gasteiger partial charge < -0.3 is 20.2 Å². The van der Waals surface area contributed by atoms with Crippen LogP contribution in [0, 0.1) is 0 Å². The average Bonchev–Trinajstić information content (AvgIpc) is 2.19. The molecule has 0 spiro atoms. The van der Waals surface area contributed by atoms with Crippen LogP contribution in [0.2, 0.25) is 0 Å². The van der Waals surface area contributed by atoms with Gasteiger partial charge in [-0.3, -0.25) is 0 Å². The van der Waals surface area contributed by atoms with Gasteiger partial charge in [0.05, 0.1) is 12.1 Å². The molecule has 2 unspecified atom stereocenters. The number of hydrogen-bond donors (Lipinski definition) is 3. The van der Waals surface area contributed by atoms with Gasteiger partial charge in [0.15, 0.2) is 0 Å². The van der Waals surface area contributed by atoms with Crippen molar-refractivity contribution >= 4 is 6.09 Å². The number of halogens is 1. The van der Waals surface area contributed by atoms with Crippen LogP contribution in [-0.2, 0) is 0 Å². The van der Waals surface area contributed by atoms with Crippen LogP contribution in [0.15, 0.2) is 0 Å². The summed E-state index contributed by atoms with van der Waals surface area (Å²) in [5.74, 6) is 0. The summed E-state index contributed by atoms with van der Waals surface area (Å²) in [6, 6.07) is 0. The van der Waals surface area contributed by atoms with Crippen molar-refractivity contribution in [2.75, 3.05) is 19.7 Å². The monoisotopic (exact) mass is 221 g/mol. The Hall–Kier alpha value is -0.880. The van der Waals surface area contributed by atoms with E-state index in [1.54, 1.807) is 0 Å². The van der Waals surface area contributed by atoms with Crippen molar-refractivity contribution in [2.45, 2.75) is 31.0 Å². The lowest BCUT2D eigenvalue weighted by atomic mass is 9.85. The fraction of sp³-hybridized carbons (Fsp3) is 0.889. The maximum absolute atomic E-state index is 13.5. The highest BCUT2D eigenvalue weighted by Crippen LogP contribution is 2.29. The first kappa shape index (κ1) is 12.2. The Morgan fingerprint density at radius 1 is 1.60 bits per heavy atom. The molecule has 1 saturated heterocycles. The van der Waals surface area contributed by atoms with E-state index in [1.165, 1.54) is 0 Å². The number of nitrogens with zero attached hydrogens (tertiary/aromatic N) is 1. The molecule has 1 amide bonds. The van der Waals surface area contributed by atoms with E-state index in [2.05, 4.69) is 0 Å². The molecule has 0 aromatic heterocycles. The number of amides is 1. The summed E-state index contributed by atoms with van der Waals surface area (Å²) in [4.78, 5) is 11.5. The molecule has 1 aliphatic rings. The molecule has 15 heavy (non-hydrogen) atoms. The summed E-state index contributed by atoms with van der Waals surface area (Å²) in [5, 5.41) is 27.1. The zero-order valence-electron chi connectivity index (χ0n) is 8.40. The highest BCUT2D eigenvalue weighted by Gasteiger charge is 2.42. The van der Waals surface area contributed by atoms with Crippen LogP contribution >= 0.6 is 0 Å². The molecule has 0 radical (unpaired) electrons. The number of piperidine rings is 1. The minimum absolute atomic E-state index is 0.0838. The lowest BCUT2D eigenvalue weighted by Crippen LogP contribution is -2.54. The number of carboxylic acid groups (broad SMARTS) is 1. The zero-order chi connectivity index (χ0) is 11.5. The Balaban J connectivity index is 2.54. The van der Waals surface area contributed by atoms with Crippen LogP contribution in [0.25, 0.3) is 0 Å². The summed E-state index contributed by atoms with van der Waals surface area (Å²) >= 11 is 0. The minimum Gasteiger partial charge on any atom is -0.465 e. The molecule has 2 atom stereocenters. The second kappa shape index (κ2) is 4.76. The van der Waals surface area contributed by atoms with Gasteiger partial charge in [-0.25, -0.2) is 9.18 Å². The molecule has 0 aromatic rings. The molecule has 0 aromatic carbocycles. The Morgan fingerprint density at radius 2 is 2.27 bits per heavy atom. The topological polar surface area (TPSA) is 81.0 Å². The normalized spacial score (nSPS) is 31.7. The molecule has 5 nitrogen and oxygen atoms in total. The van der Waals surface area contributed by atoms with Crippen molar-refractivity contribution in [2.24, 2.45) is 0 Å². The van der Waals surface area contributed by atoms with E-state index in [0.717, 1.165) is 4.90 Å². The van der Waals surface area contributed by atoms with Crippen molar-refractivity contribution in [1.29, 1.82) is 0 Å². The molecule has 1 fully saturated rings. The van der Waals surface area contributed by atoms with E-state index in [9.17, 15) is 14.3 Å². The average molecular weight is 221 g/mol. The largest absolute Gasteiger partial charge is 0.465 e. The second-order valence-corrected chi connectivity index (χ2v) is 3.88. The van der Waals surface area contributed by atoms with Crippen LogP contribution in [0.1, 0.15) is 19.3 Å². The summed E-state index contributed by atoms with van der Waals surface area (Å²) in [7, 11) is 0. The molecule has 3 N–H and O–H groups in total. The summed E-state index contributed by atoms with van der Waals surface area (Å²) in [6.45, 7) is -0.257. The number of rotatable bonds is 3. The quantitative estimate of drug-likeness (QED) is 0.636. The zero-order valence-corrected chi connectivity index (χ0v) is 8.40. The molecule has 0 saturated carbocycles. The number of alkyl halides is 1. The lowest BCUT2D eigenvalue weighted by Gasteiger charge is -2.39. The Morgan fingerprint density at radius 3 is 2.73 bits per heavy atom. The van der Waals surface area contributed by atoms with Gasteiger partial charge in [0, 0.05) is 13.2 Å². The summed E-state index contributed by atoms with van der Waals surface area (Å²) < 4.78 is 13.5. The van der Waals surface area contributed by atoms with Gasteiger partial charge in [0.25, 0.3) is 0 Å². The molecule has 88 valence electrons. The summed E-state index contributed by atoms with van der Waals surface area (Å²) in [5.41, 5.74) is -1.48. The predicted molar refractivity (Wildman–Crippen MR) is 50.4 cm³/mol. The van der Waals surface area contributed by atoms with Crippen LogP contribution < -0.4 is 0 Å².